The normalized spacial score (nSPS) is 17.5. The van der Waals surface area contributed by atoms with Crippen LogP contribution in [0, 0.1) is 11.8 Å². The zero-order chi connectivity index (χ0) is 8.67. The van der Waals surface area contributed by atoms with Crippen LogP contribution >= 0.6 is 0 Å². The van der Waals surface area contributed by atoms with Gasteiger partial charge in [0.2, 0.25) is 0 Å². The van der Waals surface area contributed by atoms with Gasteiger partial charge in [-0.05, 0) is 23.1 Å². The predicted octanol–water partition coefficient (Wildman–Crippen LogP) is 2.79. The van der Waals surface area contributed by atoms with Crippen LogP contribution in [0.25, 0.3) is 5.57 Å². The average molecular weight is 166 g/mol. The van der Waals surface area contributed by atoms with Crippen LogP contribution in [0.4, 0.5) is 0 Å². The molecular weight excluding hydrogens is 156 g/mol. The van der Waals surface area contributed by atoms with Gasteiger partial charge in [-0.1, -0.05) is 36.1 Å². The highest BCUT2D eigenvalue weighted by atomic mass is 14.2. The van der Waals surface area contributed by atoms with Gasteiger partial charge in [0.15, 0.2) is 0 Å². The number of benzene rings is 1. The van der Waals surface area contributed by atoms with E-state index in [2.05, 4.69) is 36.1 Å². The zero-order valence-corrected chi connectivity index (χ0v) is 7.43. The van der Waals surface area contributed by atoms with Gasteiger partial charge in [-0.25, -0.2) is 0 Å². The number of hydrogen-bond donors (Lipinski definition) is 0. The van der Waals surface area contributed by atoms with E-state index >= 15 is 0 Å². The molecule has 0 saturated heterocycles. The molecule has 0 bridgehead atoms. The molecule has 0 unspecified atom stereocenters. The first-order valence-electron chi connectivity index (χ1n) is 4.74. The van der Waals surface area contributed by atoms with Crippen LogP contribution in [-0.2, 0) is 6.42 Å². The molecule has 0 N–H and O–H groups in total. The summed E-state index contributed by atoms with van der Waals surface area (Å²) in [5, 5.41) is 0. The largest absolute Gasteiger partial charge is 0.0979 e. The van der Waals surface area contributed by atoms with E-state index in [1.54, 1.807) is 0 Å². The van der Waals surface area contributed by atoms with Gasteiger partial charge in [-0.2, -0.15) is 0 Å². The lowest BCUT2D eigenvalue weighted by Gasteiger charge is -2.05. The molecule has 0 heteroatoms. The maximum Gasteiger partial charge on any atom is 0.0133 e. The smallest absolute Gasteiger partial charge is 0.0133 e. The Morgan fingerprint density at radius 3 is 3.08 bits per heavy atom. The predicted molar refractivity (Wildman–Crippen MR) is 54.1 cm³/mol. The molecule has 0 heterocycles. The van der Waals surface area contributed by atoms with Crippen molar-refractivity contribution in [3.63, 3.8) is 0 Å². The van der Waals surface area contributed by atoms with Crippen molar-refractivity contribution in [3.05, 3.63) is 41.0 Å². The lowest BCUT2D eigenvalue weighted by molar-refractivity contribution is 1.09. The van der Waals surface area contributed by atoms with Crippen molar-refractivity contribution in [2.45, 2.75) is 19.3 Å². The molecule has 13 heavy (non-hydrogen) atoms. The Bertz CT molecular complexity index is 452. The van der Waals surface area contributed by atoms with Crippen molar-refractivity contribution in [1.29, 1.82) is 0 Å². The first-order chi connectivity index (χ1) is 6.45. The Labute approximate surface area is 78.3 Å². The van der Waals surface area contributed by atoms with E-state index in [9.17, 15) is 0 Å². The SMILES string of the molecule is C1#CC2=C(CC1)c1ccccc1C2. The van der Waals surface area contributed by atoms with Crippen LogP contribution in [0.3, 0.4) is 0 Å². The van der Waals surface area contributed by atoms with Crippen molar-refractivity contribution in [2.75, 3.05) is 0 Å². The highest BCUT2D eigenvalue weighted by Gasteiger charge is 2.20. The Balaban J connectivity index is 2.20. The van der Waals surface area contributed by atoms with Gasteiger partial charge >= 0.3 is 0 Å². The summed E-state index contributed by atoms with van der Waals surface area (Å²) in [6.45, 7) is 0. The lowest BCUT2D eigenvalue weighted by atomic mass is 9.98. The van der Waals surface area contributed by atoms with Crippen LogP contribution in [0.5, 0.6) is 0 Å². The lowest BCUT2D eigenvalue weighted by Crippen LogP contribution is -1.87. The monoisotopic (exact) mass is 166 g/mol. The van der Waals surface area contributed by atoms with Crippen molar-refractivity contribution in [3.8, 4) is 11.8 Å². The van der Waals surface area contributed by atoms with Gasteiger partial charge in [0, 0.05) is 18.4 Å². The molecule has 1 aromatic carbocycles. The van der Waals surface area contributed by atoms with E-state index < -0.39 is 0 Å². The van der Waals surface area contributed by atoms with Gasteiger partial charge in [-0.3, -0.25) is 0 Å². The van der Waals surface area contributed by atoms with Gasteiger partial charge < -0.3 is 0 Å². The fourth-order valence-electron chi connectivity index (χ4n) is 2.19. The van der Waals surface area contributed by atoms with Crippen molar-refractivity contribution in [1.82, 2.24) is 0 Å². The van der Waals surface area contributed by atoms with E-state index in [0.717, 1.165) is 19.3 Å². The van der Waals surface area contributed by atoms with E-state index in [4.69, 9.17) is 0 Å². The summed E-state index contributed by atoms with van der Waals surface area (Å²) in [7, 11) is 0. The standard InChI is InChI=1S/C13H10/c1-3-7-12-10(5-1)9-11-6-2-4-8-13(11)12/h1,3,5,7H,4,8-9H2. The number of hydrogen-bond acceptors (Lipinski definition) is 0. The molecule has 0 atom stereocenters. The Morgan fingerprint density at radius 2 is 2.08 bits per heavy atom. The highest BCUT2D eigenvalue weighted by molar-refractivity contribution is 5.80. The second-order valence-electron chi connectivity index (χ2n) is 3.59. The molecule has 3 rings (SSSR count). The number of fused-ring (bicyclic) bond motifs is 2. The van der Waals surface area contributed by atoms with Crippen LogP contribution in [0.2, 0.25) is 0 Å². The van der Waals surface area contributed by atoms with E-state index in [1.807, 2.05) is 0 Å². The molecular formula is C13H10. The minimum atomic E-state index is 1.03. The summed E-state index contributed by atoms with van der Waals surface area (Å²) in [5.41, 5.74) is 5.79. The van der Waals surface area contributed by atoms with Crippen molar-refractivity contribution in [2.24, 2.45) is 0 Å². The van der Waals surface area contributed by atoms with Crippen LogP contribution in [0.1, 0.15) is 24.0 Å². The Morgan fingerprint density at radius 1 is 1.15 bits per heavy atom. The van der Waals surface area contributed by atoms with Gasteiger partial charge in [0.05, 0.1) is 0 Å². The molecule has 0 radical (unpaired) electrons. The minimum absolute atomic E-state index is 1.03. The first-order valence-corrected chi connectivity index (χ1v) is 4.74. The minimum Gasteiger partial charge on any atom is -0.0979 e. The molecule has 0 saturated carbocycles. The topological polar surface area (TPSA) is 0 Å². The fraction of sp³-hybridized carbons (Fsp3) is 0.231. The number of allylic oxidation sites excluding steroid dienone is 2. The third-order valence-corrected chi connectivity index (χ3v) is 2.81. The highest BCUT2D eigenvalue weighted by Crippen LogP contribution is 2.36. The zero-order valence-electron chi connectivity index (χ0n) is 7.43. The Hall–Kier alpha value is -1.48. The third kappa shape index (κ3) is 0.939. The average Bonchev–Trinajstić information content (AvgIpc) is 2.56. The first kappa shape index (κ1) is 6.97. The summed E-state index contributed by atoms with van der Waals surface area (Å²) in [6.07, 6.45) is 3.25. The molecule has 62 valence electrons. The molecule has 2 aliphatic carbocycles. The van der Waals surface area contributed by atoms with E-state index in [-0.39, 0.29) is 0 Å². The van der Waals surface area contributed by atoms with Gasteiger partial charge in [-0.15, -0.1) is 0 Å². The fourth-order valence-corrected chi connectivity index (χ4v) is 2.19. The molecule has 1 aromatic rings. The summed E-state index contributed by atoms with van der Waals surface area (Å²) in [6, 6.07) is 8.68. The summed E-state index contributed by atoms with van der Waals surface area (Å²) >= 11 is 0. The molecule has 0 aliphatic heterocycles. The summed E-state index contributed by atoms with van der Waals surface area (Å²) in [4.78, 5) is 0. The van der Waals surface area contributed by atoms with Crippen LogP contribution in [-0.4, -0.2) is 0 Å². The Kier molecular flexibility index (Phi) is 1.34. The second kappa shape index (κ2) is 2.50. The maximum atomic E-state index is 3.26. The molecule has 0 aromatic heterocycles. The molecule has 0 fully saturated rings. The van der Waals surface area contributed by atoms with Gasteiger partial charge in [0.1, 0.15) is 0 Å². The van der Waals surface area contributed by atoms with Crippen LogP contribution < -0.4 is 0 Å². The van der Waals surface area contributed by atoms with Crippen LogP contribution in [0.15, 0.2) is 29.8 Å². The van der Waals surface area contributed by atoms with Crippen molar-refractivity contribution < 1.29 is 0 Å². The number of rotatable bonds is 0. The quantitative estimate of drug-likeness (QED) is 0.520. The summed E-state index contributed by atoms with van der Waals surface area (Å²) in [5.74, 6) is 6.44. The third-order valence-electron chi connectivity index (χ3n) is 2.81. The van der Waals surface area contributed by atoms with E-state index in [1.165, 1.54) is 22.3 Å². The van der Waals surface area contributed by atoms with Gasteiger partial charge in [0.25, 0.3) is 0 Å². The van der Waals surface area contributed by atoms with Crippen molar-refractivity contribution >= 4 is 5.57 Å². The second-order valence-corrected chi connectivity index (χ2v) is 3.59. The molecule has 0 nitrogen and oxygen atoms in total. The molecule has 2 aliphatic rings. The maximum absolute atomic E-state index is 3.26. The summed E-state index contributed by atoms with van der Waals surface area (Å²) < 4.78 is 0. The molecule has 0 amide bonds. The van der Waals surface area contributed by atoms with E-state index in [0.29, 0.717) is 0 Å². The molecule has 0 spiro atoms.